The van der Waals surface area contributed by atoms with Crippen molar-refractivity contribution in [2.75, 3.05) is 20.1 Å². The molecule has 38 heavy (non-hydrogen) atoms. The molecular weight excluding hydrogens is 528 g/mol. The van der Waals surface area contributed by atoms with Crippen molar-refractivity contribution in [1.82, 2.24) is 9.62 Å². The highest BCUT2D eigenvalue weighted by Gasteiger charge is 2.34. The molecule has 0 aliphatic rings. The van der Waals surface area contributed by atoms with Crippen molar-refractivity contribution in [3.63, 3.8) is 0 Å². The molecule has 0 amide bonds. The largest absolute Gasteiger partial charge is 0.481 e. The number of rotatable bonds is 14. The van der Waals surface area contributed by atoms with Crippen molar-refractivity contribution in [3.8, 4) is 0 Å². The van der Waals surface area contributed by atoms with Gasteiger partial charge in [0.15, 0.2) is 0 Å². The summed E-state index contributed by atoms with van der Waals surface area (Å²) in [7, 11) is -3.27. The molecule has 0 unspecified atom stereocenters. The number of hydrogen-bond acceptors (Lipinski definition) is 5. The zero-order valence-corrected chi connectivity index (χ0v) is 22.4. The number of aliphatic hydroxyl groups is 1. The Morgan fingerprint density at radius 1 is 1.11 bits per heavy atom. The van der Waals surface area contributed by atoms with Gasteiger partial charge in [-0.3, -0.25) is 4.79 Å². The Balaban J connectivity index is 2.02. The third-order valence-corrected chi connectivity index (χ3v) is 7.92. The number of carbonyl (C=O) groups is 1. The summed E-state index contributed by atoms with van der Waals surface area (Å²) in [6.45, 7) is 3.41. The van der Waals surface area contributed by atoms with Crippen LogP contribution in [0, 0.1) is 5.82 Å². The Morgan fingerprint density at radius 3 is 2.37 bits per heavy atom. The van der Waals surface area contributed by atoms with Gasteiger partial charge in [-0.15, -0.1) is 0 Å². The van der Waals surface area contributed by atoms with Crippen LogP contribution in [-0.4, -0.2) is 60.7 Å². The number of alkyl halides is 3. The fourth-order valence-corrected chi connectivity index (χ4v) is 5.22. The average molecular weight is 563 g/mol. The van der Waals surface area contributed by atoms with Gasteiger partial charge in [-0.05, 0) is 74.9 Å². The summed E-state index contributed by atoms with van der Waals surface area (Å²) >= 11 is 0. The minimum absolute atomic E-state index is 0.0129. The van der Waals surface area contributed by atoms with Gasteiger partial charge in [0.2, 0.25) is 10.0 Å². The summed E-state index contributed by atoms with van der Waals surface area (Å²) in [4.78, 5) is 10.2. The van der Waals surface area contributed by atoms with E-state index < -0.39 is 50.7 Å². The summed E-state index contributed by atoms with van der Waals surface area (Å²) < 4.78 is 80.7. The first-order valence-corrected chi connectivity index (χ1v) is 13.5. The van der Waals surface area contributed by atoms with Crippen molar-refractivity contribution >= 4 is 16.0 Å². The normalized spacial score (nSPS) is 13.6. The van der Waals surface area contributed by atoms with Gasteiger partial charge in [0.25, 0.3) is 0 Å². The molecule has 0 fully saturated rings. The SMILES string of the molecule is CN(C[C@H](O)CNC(C)(C)CCCc1ccccc1F)S(=O)(=O)c1cc(CCC(=O)O)cc(C(F)(F)F)c1. The predicted octanol–water partition coefficient (Wildman–Crippen LogP) is 4.23. The standard InChI is InChI=1S/C26H34F4N2O5S/c1-25(2,12-6-8-19-7-4-5-9-23(19)27)31-16-21(33)17-32(3)38(36,37)22-14-18(10-11-24(34)35)13-20(15-22)26(28,29)30/h4-5,7,9,13-15,21,31,33H,6,8,10-12,16-17H2,1-3H3,(H,34,35)/t21-/m1/s1. The van der Waals surface area contributed by atoms with Crippen molar-refractivity contribution in [3.05, 3.63) is 65.0 Å². The van der Waals surface area contributed by atoms with E-state index in [0.717, 1.165) is 23.5 Å². The van der Waals surface area contributed by atoms with Crippen LogP contribution in [0.2, 0.25) is 0 Å². The Hall–Kier alpha value is -2.54. The lowest BCUT2D eigenvalue weighted by Gasteiger charge is -2.29. The van der Waals surface area contributed by atoms with E-state index in [0.29, 0.717) is 30.9 Å². The molecule has 2 rings (SSSR count). The van der Waals surface area contributed by atoms with E-state index in [4.69, 9.17) is 5.11 Å². The van der Waals surface area contributed by atoms with E-state index in [2.05, 4.69) is 5.32 Å². The van der Waals surface area contributed by atoms with Crippen molar-refractivity contribution in [1.29, 1.82) is 0 Å². The third-order valence-electron chi connectivity index (χ3n) is 6.12. The first-order chi connectivity index (χ1) is 17.5. The Labute approximate surface area is 220 Å². The number of nitrogens with one attached hydrogen (secondary N) is 1. The number of sulfonamides is 1. The fraction of sp³-hybridized carbons (Fsp3) is 0.500. The smallest absolute Gasteiger partial charge is 0.416 e. The predicted molar refractivity (Wildman–Crippen MR) is 135 cm³/mol. The number of aryl methyl sites for hydroxylation is 2. The highest BCUT2D eigenvalue weighted by atomic mass is 32.2. The summed E-state index contributed by atoms with van der Waals surface area (Å²) in [5.41, 5.74) is -1.12. The highest BCUT2D eigenvalue weighted by Crippen LogP contribution is 2.32. The molecule has 2 aromatic rings. The number of aliphatic hydroxyl groups excluding tert-OH is 1. The van der Waals surface area contributed by atoms with Crippen molar-refractivity contribution in [2.45, 2.75) is 68.7 Å². The van der Waals surface area contributed by atoms with Gasteiger partial charge in [0.05, 0.1) is 16.6 Å². The molecule has 1 atom stereocenters. The summed E-state index contributed by atoms with van der Waals surface area (Å²) in [5.74, 6) is -1.50. The monoisotopic (exact) mass is 562 g/mol. The average Bonchev–Trinajstić information content (AvgIpc) is 2.82. The van der Waals surface area contributed by atoms with Crippen LogP contribution in [0.3, 0.4) is 0 Å². The maximum Gasteiger partial charge on any atom is 0.416 e. The second-order valence-corrected chi connectivity index (χ2v) is 12.0. The summed E-state index contributed by atoms with van der Waals surface area (Å²) in [6, 6.07) is 8.75. The van der Waals surface area contributed by atoms with Crippen LogP contribution in [-0.2, 0) is 33.8 Å². The molecule has 0 heterocycles. The second kappa shape index (κ2) is 13.0. The number of carboxylic acid groups (broad SMARTS) is 1. The number of carboxylic acids is 1. The Morgan fingerprint density at radius 2 is 1.76 bits per heavy atom. The third kappa shape index (κ3) is 9.64. The van der Waals surface area contributed by atoms with Crippen LogP contribution >= 0.6 is 0 Å². The van der Waals surface area contributed by atoms with Crippen LogP contribution in [0.1, 0.15) is 49.8 Å². The first kappa shape index (κ1) is 31.7. The maximum atomic E-state index is 13.8. The number of likely N-dealkylation sites (N-methyl/N-ethyl adjacent to an activating group) is 1. The van der Waals surface area contributed by atoms with Crippen molar-refractivity contribution in [2.24, 2.45) is 0 Å². The number of halogens is 4. The molecule has 2 aromatic carbocycles. The number of β-amino-alcohol motifs (C(OH)–C–C–N with tert-alkyl or cyclic N) is 1. The fourth-order valence-electron chi connectivity index (χ4n) is 3.91. The van der Waals surface area contributed by atoms with E-state index in [1.165, 1.54) is 6.07 Å². The molecule has 7 nitrogen and oxygen atoms in total. The molecule has 0 aliphatic heterocycles. The number of benzene rings is 2. The first-order valence-electron chi connectivity index (χ1n) is 12.1. The van der Waals surface area contributed by atoms with Crippen LogP contribution < -0.4 is 5.32 Å². The van der Waals surface area contributed by atoms with Gasteiger partial charge in [-0.25, -0.2) is 12.8 Å². The molecule has 212 valence electrons. The summed E-state index contributed by atoms with van der Waals surface area (Å²) in [5, 5.41) is 22.4. The topological polar surface area (TPSA) is 107 Å². The quantitative estimate of drug-likeness (QED) is 0.298. The molecule has 0 aromatic heterocycles. The lowest BCUT2D eigenvalue weighted by atomic mass is 9.95. The van der Waals surface area contributed by atoms with E-state index in [1.54, 1.807) is 18.2 Å². The van der Waals surface area contributed by atoms with Crippen molar-refractivity contribution < 1.29 is 41.0 Å². The van der Waals surface area contributed by atoms with Gasteiger partial charge in [0, 0.05) is 32.1 Å². The Bertz CT molecular complexity index is 1200. The van der Waals surface area contributed by atoms with E-state index in [1.807, 2.05) is 13.8 Å². The van der Waals surface area contributed by atoms with Gasteiger partial charge in [-0.1, -0.05) is 18.2 Å². The minimum Gasteiger partial charge on any atom is -0.481 e. The van der Waals surface area contributed by atoms with Crippen LogP contribution in [0.5, 0.6) is 0 Å². The highest BCUT2D eigenvalue weighted by molar-refractivity contribution is 7.89. The number of hydrogen-bond donors (Lipinski definition) is 3. The zero-order chi connectivity index (χ0) is 28.7. The molecule has 0 saturated carbocycles. The molecule has 0 bridgehead atoms. The van der Waals surface area contributed by atoms with E-state index >= 15 is 0 Å². The van der Waals surface area contributed by atoms with Crippen LogP contribution in [0.25, 0.3) is 0 Å². The molecule has 0 aliphatic carbocycles. The lowest BCUT2D eigenvalue weighted by Crippen LogP contribution is -2.46. The molecule has 0 spiro atoms. The molecule has 12 heteroatoms. The molecule has 3 N–H and O–H groups in total. The van der Waals surface area contributed by atoms with Crippen LogP contribution in [0.4, 0.5) is 17.6 Å². The van der Waals surface area contributed by atoms with Gasteiger partial charge >= 0.3 is 12.1 Å². The number of aliphatic carboxylic acids is 1. The molecular formula is C26H34F4N2O5S. The lowest BCUT2D eigenvalue weighted by molar-refractivity contribution is -0.138. The van der Waals surface area contributed by atoms with E-state index in [9.17, 15) is 35.9 Å². The minimum atomic E-state index is -4.83. The molecule has 0 radical (unpaired) electrons. The van der Waals surface area contributed by atoms with Gasteiger partial charge < -0.3 is 15.5 Å². The van der Waals surface area contributed by atoms with Gasteiger partial charge in [-0.2, -0.15) is 17.5 Å². The second-order valence-electron chi connectivity index (χ2n) is 9.91. The van der Waals surface area contributed by atoms with E-state index in [-0.39, 0.29) is 30.9 Å². The van der Waals surface area contributed by atoms with Gasteiger partial charge in [0.1, 0.15) is 5.82 Å². The summed E-state index contributed by atoms with van der Waals surface area (Å²) in [6.07, 6.45) is -4.88. The number of nitrogens with zero attached hydrogens (tertiary/aromatic N) is 1. The molecule has 0 saturated heterocycles. The van der Waals surface area contributed by atoms with Crippen LogP contribution in [0.15, 0.2) is 47.4 Å². The Kier molecular flexibility index (Phi) is 10.8. The maximum absolute atomic E-state index is 13.8. The zero-order valence-electron chi connectivity index (χ0n) is 21.6.